The molecule has 0 bridgehead atoms. The van der Waals surface area contributed by atoms with Gasteiger partial charge in [0.1, 0.15) is 5.69 Å². The number of hydrogen-bond donors (Lipinski definition) is 1. The average Bonchev–Trinajstić information content (AvgIpc) is 2.38. The van der Waals surface area contributed by atoms with Gasteiger partial charge in [-0.25, -0.2) is 8.42 Å². The zero-order chi connectivity index (χ0) is 15.8. The number of pyridine rings is 1. The molecular formula is C12H9BrCl2N2O3S. The Morgan fingerprint density at radius 1 is 1.19 bits per heavy atom. The molecule has 5 nitrogen and oxygen atoms in total. The number of aromatic nitrogens is 1. The van der Waals surface area contributed by atoms with E-state index in [9.17, 15) is 13.2 Å². The van der Waals surface area contributed by atoms with Crippen LogP contribution in [-0.4, -0.2) is 13.0 Å². The molecule has 1 heterocycles. The van der Waals surface area contributed by atoms with Crippen LogP contribution in [0.5, 0.6) is 0 Å². The number of nitrogens with zero attached hydrogens (tertiary/aromatic N) is 1. The fourth-order valence-corrected chi connectivity index (χ4v) is 3.56. The van der Waals surface area contributed by atoms with Gasteiger partial charge in [-0.05, 0) is 34.1 Å². The Labute approximate surface area is 139 Å². The van der Waals surface area contributed by atoms with Crippen LogP contribution in [0.3, 0.4) is 0 Å². The maximum Gasteiger partial charge on any atom is 0.262 e. The summed E-state index contributed by atoms with van der Waals surface area (Å²) in [7, 11) is -2.27. The maximum absolute atomic E-state index is 12.3. The number of aryl methyl sites for hydroxylation is 1. The second kappa shape index (κ2) is 6.00. The molecule has 0 spiro atoms. The molecule has 1 aromatic heterocycles. The Morgan fingerprint density at radius 3 is 2.48 bits per heavy atom. The highest BCUT2D eigenvalue weighted by molar-refractivity contribution is 9.10. The number of halogens is 3. The van der Waals surface area contributed by atoms with E-state index in [0.29, 0.717) is 0 Å². The number of rotatable bonds is 3. The zero-order valence-electron chi connectivity index (χ0n) is 10.6. The maximum atomic E-state index is 12.3. The molecule has 0 atom stereocenters. The molecule has 1 aromatic carbocycles. The Balaban J connectivity index is 2.47. The van der Waals surface area contributed by atoms with Crippen molar-refractivity contribution >= 4 is 54.8 Å². The first kappa shape index (κ1) is 16.4. The van der Waals surface area contributed by atoms with Gasteiger partial charge in [-0.1, -0.05) is 23.2 Å². The predicted molar refractivity (Wildman–Crippen MR) is 86.7 cm³/mol. The lowest BCUT2D eigenvalue weighted by molar-refractivity contribution is 0.601. The van der Waals surface area contributed by atoms with Crippen molar-refractivity contribution < 1.29 is 8.42 Å². The van der Waals surface area contributed by atoms with Gasteiger partial charge in [0.25, 0.3) is 10.0 Å². The molecule has 0 amide bonds. The third-order valence-corrected chi connectivity index (χ3v) is 5.22. The van der Waals surface area contributed by atoms with Crippen molar-refractivity contribution in [2.24, 2.45) is 7.05 Å². The summed E-state index contributed by atoms with van der Waals surface area (Å²) < 4.78 is 28.6. The quantitative estimate of drug-likeness (QED) is 0.842. The van der Waals surface area contributed by atoms with Crippen LogP contribution in [0.2, 0.25) is 10.0 Å². The van der Waals surface area contributed by atoms with Crippen LogP contribution in [0, 0.1) is 0 Å². The van der Waals surface area contributed by atoms with Crippen molar-refractivity contribution in [3.8, 4) is 0 Å². The average molecular weight is 412 g/mol. The van der Waals surface area contributed by atoms with Crippen LogP contribution < -0.4 is 10.2 Å². The third kappa shape index (κ3) is 3.60. The minimum absolute atomic E-state index is 0.0713. The van der Waals surface area contributed by atoms with E-state index in [0.717, 1.165) is 0 Å². The molecule has 2 rings (SSSR count). The van der Waals surface area contributed by atoms with E-state index < -0.39 is 15.5 Å². The summed E-state index contributed by atoms with van der Waals surface area (Å²) in [5.41, 5.74) is -0.533. The first-order valence-electron chi connectivity index (χ1n) is 5.54. The van der Waals surface area contributed by atoms with Crippen molar-refractivity contribution in [1.29, 1.82) is 0 Å². The van der Waals surface area contributed by atoms with E-state index in [1.54, 1.807) is 11.6 Å². The first-order valence-corrected chi connectivity index (χ1v) is 8.57. The van der Waals surface area contributed by atoms with Crippen molar-refractivity contribution in [1.82, 2.24) is 4.57 Å². The molecule has 0 aliphatic rings. The van der Waals surface area contributed by atoms with E-state index in [1.165, 1.54) is 30.6 Å². The molecule has 2 aromatic rings. The minimum atomic E-state index is -3.94. The Kier molecular flexibility index (Phi) is 4.67. The number of sulfonamides is 1. The van der Waals surface area contributed by atoms with Gasteiger partial charge in [0.05, 0.1) is 19.4 Å². The third-order valence-electron chi connectivity index (χ3n) is 2.56. The molecule has 0 aliphatic heterocycles. The van der Waals surface area contributed by atoms with Gasteiger partial charge in [0.2, 0.25) is 5.43 Å². The SMILES string of the molecule is Cn1cc(Br)c(=O)c(NS(=O)(=O)c2ccc(Cl)c(Cl)c2)c1. The van der Waals surface area contributed by atoms with Crippen LogP contribution in [0.1, 0.15) is 0 Å². The minimum Gasteiger partial charge on any atom is -0.354 e. The fraction of sp³-hybridized carbons (Fsp3) is 0.0833. The van der Waals surface area contributed by atoms with Gasteiger partial charge in [-0.3, -0.25) is 9.52 Å². The highest BCUT2D eigenvalue weighted by atomic mass is 79.9. The zero-order valence-corrected chi connectivity index (χ0v) is 14.5. The topological polar surface area (TPSA) is 68.2 Å². The van der Waals surface area contributed by atoms with Crippen LogP contribution in [0.15, 0.2) is 44.8 Å². The predicted octanol–water partition coefficient (Wildman–Crippen LogP) is 3.26. The molecule has 0 aliphatic carbocycles. The van der Waals surface area contributed by atoms with Crippen LogP contribution in [0.25, 0.3) is 0 Å². The van der Waals surface area contributed by atoms with E-state index in [1.807, 2.05) is 0 Å². The lowest BCUT2D eigenvalue weighted by Crippen LogP contribution is -2.20. The Hall–Kier alpha value is -1.02. The van der Waals surface area contributed by atoms with Crippen LogP contribution >= 0.6 is 39.1 Å². The van der Waals surface area contributed by atoms with E-state index in [4.69, 9.17) is 23.2 Å². The monoisotopic (exact) mass is 410 g/mol. The van der Waals surface area contributed by atoms with Crippen LogP contribution in [0.4, 0.5) is 5.69 Å². The molecule has 112 valence electrons. The van der Waals surface area contributed by atoms with Gasteiger partial charge < -0.3 is 4.57 Å². The van der Waals surface area contributed by atoms with E-state index in [-0.39, 0.29) is 25.1 Å². The summed E-state index contributed by atoms with van der Waals surface area (Å²) in [6.07, 6.45) is 2.90. The number of hydrogen-bond acceptors (Lipinski definition) is 3. The van der Waals surface area contributed by atoms with Crippen molar-refractivity contribution in [3.63, 3.8) is 0 Å². The molecule has 0 saturated heterocycles. The second-order valence-electron chi connectivity index (χ2n) is 4.20. The smallest absolute Gasteiger partial charge is 0.262 e. The highest BCUT2D eigenvalue weighted by Crippen LogP contribution is 2.25. The first-order chi connectivity index (χ1) is 9.70. The molecule has 0 unspecified atom stereocenters. The summed E-state index contributed by atoms with van der Waals surface area (Å²) in [6.45, 7) is 0. The summed E-state index contributed by atoms with van der Waals surface area (Å²) in [5.74, 6) is 0. The molecule has 21 heavy (non-hydrogen) atoms. The van der Waals surface area contributed by atoms with Gasteiger partial charge >= 0.3 is 0 Å². The summed E-state index contributed by atoms with van der Waals surface area (Å²) in [4.78, 5) is 11.8. The van der Waals surface area contributed by atoms with E-state index >= 15 is 0 Å². The molecular weight excluding hydrogens is 403 g/mol. The lowest BCUT2D eigenvalue weighted by atomic mass is 10.4. The Bertz CT molecular complexity index is 865. The fourth-order valence-electron chi connectivity index (χ4n) is 1.59. The van der Waals surface area contributed by atoms with Gasteiger partial charge in [-0.2, -0.15) is 0 Å². The van der Waals surface area contributed by atoms with Gasteiger partial charge in [0, 0.05) is 19.4 Å². The normalized spacial score (nSPS) is 11.4. The molecule has 0 fully saturated rings. The van der Waals surface area contributed by atoms with Crippen molar-refractivity contribution in [3.05, 3.63) is 55.3 Å². The summed E-state index contributed by atoms with van der Waals surface area (Å²) in [5, 5.41) is 0.357. The Morgan fingerprint density at radius 2 is 1.86 bits per heavy atom. The molecule has 9 heteroatoms. The molecule has 0 radical (unpaired) electrons. The molecule has 0 saturated carbocycles. The summed E-state index contributed by atoms with van der Waals surface area (Å²) in [6, 6.07) is 3.89. The number of anilines is 1. The van der Waals surface area contributed by atoms with E-state index in [2.05, 4.69) is 20.7 Å². The largest absolute Gasteiger partial charge is 0.354 e. The molecule has 1 N–H and O–H groups in total. The van der Waals surface area contributed by atoms with Crippen molar-refractivity contribution in [2.75, 3.05) is 4.72 Å². The second-order valence-corrected chi connectivity index (χ2v) is 7.55. The summed E-state index contributed by atoms with van der Waals surface area (Å²) >= 11 is 14.6. The lowest BCUT2D eigenvalue weighted by Gasteiger charge is -2.10. The van der Waals surface area contributed by atoms with Crippen molar-refractivity contribution in [2.45, 2.75) is 4.90 Å². The highest BCUT2D eigenvalue weighted by Gasteiger charge is 2.18. The number of benzene rings is 1. The van der Waals surface area contributed by atoms with Crippen LogP contribution in [-0.2, 0) is 17.1 Å². The van der Waals surface area contributed by atoms with Gasteiger partial charge in [-0.15, -0.1) is 0 Å². The standard InChI is InChI=1S/C12H9BrCl2N2O3S/c1-17-5-8(13)12(18)11(6-17)16-21(19,20)7-2-3-9(14)10(15)4-7/h2-6,16H,1H3. The number of nitrogens with one attached hydrogen (secondary N) is 1. The van der Waals surface area contributed by atoms with Gasteiger partial charge in [0.15, 0.2) is 0 Å².